The molecule has 1 unspecified atom stereocenters. The first-order valence-corrected chi connectivity index (χ1v) is 11.4. The topological polar surface area (TPSA) is 112 Å². The van der Waals surface area contributed by atoms with Gasteiger partial charge in [0, 0.05) is 47.9 Å². The Kier molecular flexibility index (Phi) is 5.20. The van der Waals surface area contributed by atoms with Crippen LogP contribution in [0.15, 0.2) is 46.4 Å². The number of alkyl halides is 6. The lowest BCUT2D eigenvalue weighted by atomic mass is 10.0. The van der Waals surface area contributed by atoms with Gasteiger partial charge < -0.3 is 9.88 Å². The predicted molar refractivity (Wildman–Crippen MR) is 121 cm³/mol. The minimum Gasteiger partial charge on any atom is -0.346 e. The van der Waals surface area contributed by atoms with Crippen molar-refractivity contribution in [2.24, 2.45) is 0 Å². The molecular formula is C23H17F6N7O2. The standard InChI is InChI=1S/C23H17F6N7O2/c24-22(25,26)9-35-8-15(23(27,28)29)10-1-2-16(32-19(10)35)12-5-11(12)13-6-17(34-36-4-3-30-18(13)36)14-7-31-21(38)33-20(14)37/h1-4,6-7,11-12,15H,5,8-9H2,(H2,31,33,37,38)/t11-,12-,15?/m0/s1. The molecule has 0 spiro atoms. The van der Waals surface area contributed by atoms with Gasteiger partial charge in [-0.05, 0) is 24.5 Å². The first kappa shape index (κ1) is 24.2. The van der Waals surface area contributed by atoms with Crippen LogP contribution in [0.4, 0.5) is 32.2 Å². The van der Waals surface area contributed by atoms with Crippen LogP contribution in [0.25, 0.3) is 16.9 Å². The van der Waals surface area contributed by atoms with E-state index in [0.717, 1.165) is 0 Å². The van der Waals surface area contributed by atoms with Crippen LogP contribution in [0, 0.1) is 0 Å². The Hall–Kier alpha value is -4.17. The Labute approximate surface area is 208 Å². The summed E-state index contributed by atoms with van der Waals surface area (Å²) in [6, 6.07) is 4.28. The van der Waals surface area contributed by atoms with Gasteiger partial charge in [0.25, 0.3) is 5.56 Å². The number of halogens is 6. The molecule has 4 aromatic heterocycles. The Morgan fingerprint density at radius 3 is 2.55 bits per heavy atom. The maximum Gasteiger partial charge on any atom is 0.405 e. The molecule has 9 nitrogen and oxygen atoms in total. The van der Waals surface area contributed by atoms with E-state index < -0.39 is 42.6 Å². The minimum atomic E-state index is -4.71. The quantitative estimate of drug-likeness (QED) is 0.386. The van der Waals surface area contributed by atoms with E-state index in [1.54, 1.807) is 12.3 Å². The van der Waals surface area contributed by atoms with Crippen molar-refractivity contribution < 1.29 is 26.3 Å². The van der Waals surface area contributed by atoms with Crippen molar-refractivity contribution in [2.45, 2.75) is 36.5 Å². The van der Waals surface area contributed by atoms with E-state index in [0.29, 0.717) is 28.2 Å². The third-order valence-electron chi connectivity index (χ3n) is 6.82. The first-order valence-electron chi connectivity index (χ1n) is 11.4. The van der Waals surface area contributed by atoms with Crippen molar-refractivity contribution in [3.05, 3.63) is 74.4 Å². The van der Waals surface area contributed by atoms with Crippen molar-refractivity contribution in [3.63, 3.8) is 0 Å². The average Bonchev–Trinajstić information content (AvgIpc) is 3.32. The highest BCUT2D eigenvalue weighted by Crippen LogP contribution is 2.56. The SMILES string of the molecule is O=c1[nH]cc(-c2cc([C@H]3C[C@@H]3c3ccc4c(n3)N(CC(F)(F)F)CC4C(F)(F)F)c3nccn3n2)c(=O)[nH]1. The highest BCUT2D eigenvalue weighted by molar-refractivity contribution is 5.64. The molecule has 1 aliphatic heterocycles. The molecule has 1 aliphatic carbocycles. The maximum absolute atomic E-state index is 13.6. The summed E-state index contributed by atoms with van der Waals surface area (Å²) in [6.45, 7) is -2.38. The van der Waals surface area contributed by atoms with Crippen LogP contribution in [-0.4, -0.2) is 55.0 Å². The van der Waals surface area contributed by atoms with Gasteiger partial charge in [0.1, 0.15) is 18.3 Å². The number of rotatable bonds is 4. The van der Waals surface area contributed by atoms with Crippen molar-refractivity contribution >= 4 is 11.5 Å². The Morgan fingerprint density at radius 2 is 1.84 bits per heavy atom. The second kappa shape index (κ2) is 8.16. The van der Waals surface area contributed by atoms with Crippen molar-refractivity contribution in [1.29, 1.82) is 0 Å². The first-order chi connectivity index (χ1) is 17.9. The van der Waals surface area contributed by atoms with Gasteiger partial charge in [-0.1, -0.05) is 6.07 Å². The number of fused-ring (bicyclic) bond motifs is 2. The lowest BCUT2D eigenvalue weighted by Crippen LogP contribution is -2.35. The van der Waals surface area contributed by atoms with Crippen LogP contribution in [0.2, 0.25) is 0 Å². The van der Waals surface area contributed by atoms with Gasteiger partial charge in [-0.25, -0.2) is 19.3 Å². The maximum atomic E-state index is 13.6. The second-order valence-corrected chi connectivity index (χ2v) is 9.35. The van der Waals surface area contributed by atoms with Crippen LogP contribution in [0.3, 0.4) is 0 Å². The highest BCUT2D eigenvalue weighted by atomic mass is 19.4. The van der Waals surface area contributed by atoms with Gasteiger partial charge in [0.05, 0.1) is 11.3 Å². The Balaban J connectivity index is 1.37. The fraction of sp³-hybridized carbons (Fsp3) is 0.348. The third kappa shape index (κ3) is 4.20. The Bertz CT molecular complexity index is 1670. The van der Waals surface area contributed by atoms with Gasteiger partial charge in [0.2, 0.25) is 0 Å². The number of aromatic amines is 2. The summed E-state index contributed by atoms with van der Waals surface area (Å²) in [5.74, 6) is -2.87. The average molecular weight is 537 g/mol. The molecule has 4 aromatic rings. The molecule has 2 N–H and O–H groups in total. The smallest absolute Gasteiger partial charge is 0.346 e. The normalized spacial score (nSPS) is 21.2. The molecule has 5 heterocycles. The number of anilines is 1. The molecule has 38 heavy (non-hydrogen) atoms. The molecule has 1 fully saturated rings. The monoisotopic (exact) mass is 537 g/mol. The summed E-state index contributed by atoms with van der Waals surface area (Å²) in [5.41, 5.74) is 0.284. The van der Waals surface area contributed by atoms with Crippen LogP contribution in [-0.2, 0) is 0 Å². The van der Waals surface area contributed by atoms with Gasteiger partial charge in [-0.15, -0.1) is 0 Å². The van der Waals surface area contributed by atoms with E-state index in [9.17, 15) is 35.9 Å². The molecule has 0 amide bonds. The number of hydrogen-bond acceptors (Lipinski definition) is 6. The number of imidazole rings is 1. The van der Waals surface area contributed by atoms with Gasteiger partial charge >= 0.3 is 18.0 Å². The number of pyridine rings is 1. The summed E-state index contributed by atoms with van der Waals surface area (Å²) in [4.78, 5) is 37.5. The highest BCUT2D eigenvalue weighted by Gasteiger charge is 2.50. The summed E-state index contributed by atoms with van der Waals surface area (Å²) in [7, 11) is 0. The largest absolute Gasteiger partial charge is 0.405 e. The second-order valence-electron chi connectivity index (χ2n) is 9.35. The molecular weight excluding hydrogens is 520 g/mol. The summed E-state index contributed by atoms with van der Waals surface area (Å²) >= 11 is 0. The summed E-state index contributed by atoms with van der Waals surface area (Å²) < 4.78 is 81.5. The third-order valence-corrected chi connectivity index (χ3v) is 6.82. The summed E-state index contributed by atoms with van der Waals surface area (Å²) in [5, 5.41) is 4.36. The van der Waals surface area contributed by atoms with E-state index in [4.69, 9.17) is 0 Å². The van der Waals surface area contributed by atoms with Gasteiger partial charge in [-0.2, -0.15) is 31.4 Å². The zero-order chi connectivity index (χ0) is 27.0. The fourth-order valence-corrected chi connectivity index (χ4v) is 5.06. The summed E-state index contributed by atoms with van der Waals surface area (Å²) in [6.07, 6.45) is -4.59. The fourth-order valence-electron chi connectivity index (χ4n) is 5.06. The molecule has 0 aromatic carbocycles. The molecule has 2 aliphatic rings. The number of H-pyrrole nitrogens is 2. The van der Waals surface area contributed by atoms with Crippen molar-refractivity contribution in [1.82, 2.24) is 29.5 Å². The molecule has 1 saturated carbocycles. The van der Waals surface area contributed by atoms with Crippen LogP contribution in [0.1, 0.15) is 41.0 Å². The van der Waals surface area contributed by atoms with Crippen LogP contribution < -0.4 is 16.1 Å². The molecule has 6 rings (SSSR count). The number of aromatic nitrogens is 6. The molecule has 15 heteroatoms. The minimum absolute atomic E-state index is 0.107. The lowest BCUT2D eigenvalue weighted by Gasteiger charge is -2.21. The molecule has 0 saturated heterocycles. The predicted octanol–water partition coefficient (Wildman–Crippen LogP) is 3.47. The molecule has 3 atom stereocenters. The molecule has 0 radical (unpaired) electrons. The molecule has 198 valence electrons. The zero-order valence-corrected chi connectivity index (χ0v) is 19.1. The zero-order valence-electron chi connectivity index (χ0n) is 19.1. The van der Waals surface area contributed by atoms with E-state index in [-0.39, 0.29) is 34.5 Å². The number of nitrogens with one attached hydrogen (secondary N) is 2. The van der Waals surface area contributed by atoms with Crippen molar-refractivity contribution in [2.75, 3.05) is 18.0 Å². The number of nitrogens with zero attached hydrogens (tertiary/aromatic N) is 5. The van der Waals surface area contributed by atoms with E-state index in [2.05, 4.69) is 25.0 Å². The van der Waals surface area contributed by atoms with E-state index >= 15 is 0 Å². The van der Waals surface area contributed by atoms with E-state index in [1.165, 1.54) is 29.0 Å². The van der Waals surface area contributed by atoms with Crippen molar-refractivity contribution in [3.8, 4) is 11.3 Å². The van der Waals surface area contributed by atoms with Gasteiger partial charge in [0.15, 0.2) is 5.65 Å². The molecule has 0 bridgehead atoms. The van der Waals surface area contributed by atoms with E-state index in [1.807, 2.05) is 0 Å². The van der Waals surface area contributed by atoms with Crippen LogP contribution in [0.5, 0.6) is 0 Å². The number of hydrogen-bond donors (Lipinski definition) is 2. The lowest BCUT2D eigenvalue weighted by molar-refractivity contribution is -0.148. The van der Waals surface area contributed by atoms with Gasteiger partial charge in [-0.3, -0.25) is 9.78 Å². The van der Waals surface area contributed by atoms with Crippen LogP contribution >= 0.6 is 0 Å². The Morgan fingerprint density at radius 1 is 1.05 bits per heavy atom.